The van der Waals surface area contributed by atoms with E-state index >= 15 is 0 Å². The summed E-state index contributed by atoms with van der Waals surface area (Å²) in [7, 11) is 0. The Labute approximate surface area is 117 Å². The van der Waals surface area contributed by atoms with E-state index in [1.54, 1.807) is 0 Å². The Hall–Kier alpha value is -0.0213. The van der Waals surface area contributed by atoms with E-state index in [0.29, 0.717) is 0 Å². The van der Waals surface area contributed by atoms with Crippen LogP contribution in [0.5, 0.6) is 0 Å². The first-order valence-electron chi connectivity index (χ1n) is 7.40. The molecule has 1 atom stereocenters. The van der Waals surface area contributed by atoms with Crippen LogP contribution in [0.3, 0.4) is 0 Å². The Morgan fingerprint density at radius 3 is 2.17 bits per heavy atom. The van der Waals surface area contributed by atoms with Crippen molar-refractivity contribution in [2.45, 2.75) is 60.0 Å². The SMILES string of the molecule is CCC[CH2][Sn]([CH2]C)([CH2]C)[O]C(C)c1ccccc1. The van der Waals surface area contributed by atoms with Crippen LogP contribution in [0.4, 0.5) is 0 Å². The molecule has 0 aliphatic carbocycles. The zero-order valence-corrected chi connectivity index (χ0v) is 15.3. The third kappa shape index (κ3) is 4.58. The minimum atomic E-state index is -2.31. The summed E-state index contributed by atoms with van der Waals surface area (Å²) in [6.07, 6.45) is 2.92. The van der Waals surface area contributed by atoms with Gasteiger partial charge in [0.05, 0.1) is 0 Å². The van der Waals surface area contributed by atoms with Gasteiger partial charge in [0.15, 0.2) is 0 Å². The van der Waals surface area contributed by atoms with Gasteiger partial charge in [0.25, 0.3) is 0 Å². The molecule has 0 saturated heterocycles. The third-order valence-corrected chi connectivity index (χ3v) is 17.4. The van der Waals surface area contributed by atoms with Gasteiger partial charge in [-0.1, -0.05) is 0 Å². The molecule has 1 rings (SSSR count). The number of hydrogen-bond acceptors (Lipinski definition) is 1. The fourth-order valence-corrected chi connectivity index (χ4v) is 12.6. The second-order valence-corrected chi connectivity index (χ2v) is 18.1. The van der Waals surface area contributed by atoms with Gasteiger partial charge in [-0.2, -0.15) is 0 Å². The number of unbranched alkanes of at least 4 members (excludes halogenated alkanes) is 1. The molecule has 2 heteroatoms. The molecule has 0 fully saturated rings. The molecule has 1 unspecified atom stereocenters. The Bertz CT molecular complexity index is 319. The predicted octanol–water partition coefficient (Wildman–Crippen LogP) is 5.55. The fourth-order valence-electron chi connectivity index (χ4n) is 2.50. The summed E-state index contributed by atoms with van der Waals surface area (Å²) >= 11 is -2.31. The Kier molecular flexibility index (Phi) is 7.31. The molecule has 1 nitrogen and oxygen atoms in total. The average molecular weight is 355 g/mol. The van der Waals surface area contributed by atoms with Gasteiger partial charge in [-0.15, -0.1) is 0 Å². The van der Waals surface area contributed by atoms with Crippen molar-refractivity contribution in [2.24, 2.45) is 0 Å². The van der Waals surface area contributed by atoms with Crippen molar-refractivity contribution in [3.05, 3.63) is 35.9 Å². The molecule has 1 aromatic carbocycles. The van der Waals surface area contributed by atoms with Gasteiger partial charge >= 0.3 is 118 Å². The molecular formula is C16H28OSn. The fraction of sp³-hybridized carbons (Fsp3) is 0.625. The first-order valence-corrected chi connectivity index (χ1v) is 14.6. The quantitative estimate of drug-likeness (QED) is 0.556. The molecule has 0 aliphatic heterocycles. The zero-order chi connectivity index (χ0) is 13.4. The molecule has 0 saturated carbocycles. The van der Waals surface area contributed by atoms with Crippen LogP contribution < -0.4 is 0 Å². The Morgan fingerprint density at radius 1 is 1.06 bits per heavy atom. The van der Waals surface area contributed by atoms with E-state index < -0.39 is 18.8 Å². The van der Waals surface area contributed by atoms with Crippen LogP contribution in [-0.4, -0.2) is 18.8 Å². The summed E-state index contributed by atoms with van der Waals surface area (Å²) in [5, 5.41) is 0. The topological polar surface area (TPSA) is 9.23 Å². The molecule has 1 aromatic rings. The summed E-state index contributed by atoms with van der Waals surface area (Å²) in [4.78, 5) is 0. The molecule has 18 heavy (non-hydrogen) atoms. The number of rotatable bonds is 8. The van der Waals surface area contributed by atoms with Crippen molar-refractivity contribution >= 4 is 18.8 Å². The Morgan fingerprint density at radius 2 is 1.67 bits per heavy atom. The molecule has 0 spiro atoms. The van der Waals surface area contributed by atoms with E-state index in [2.05, 4.69) is 58.0 Å². The summed E-state index contributed by atoms with van der Waals surface area (Å²) in [6.45, 7) is 9.18. The molecule has 0 radical (unpaired) electrons. The van der Waals surface area contributed by atoms with Crippen LogP contribution in [0.25, 0.3) is 0 Å². The summed E-state index contributed by atoms with van der Waals surface area (Å²) < 4.78 is 10.6. The summed E-state index contributed by atoms with van der Waals surface area (Å²) in [5.41, 5.74) is 1.33. The minimum absolute atomic E-state index is 0.277. The van der Waals surface area contributed by atoms with Crippen LogP contribution in [0.2, 0.25) is 13.3 Å². The van der Waals surface area contributed by atoms with Crippen molar-refractivity contribution in [3.63, 3.8) is 0 Å². The number of benzene rings is 1. The van der Waals surface area contributed by atoms with Crippen LogP contribution in [-0.2, 0) is 3.07 Å². The van der Waals surface area contributed by atoms with Gasteiger partial charge in [-0.3, -0.25) is 0 Å². The van der Waals surface area contributed by atoms with Crippen molar-refractivity contribution in [2.75, 3.05) is 0 Å². The first-order chi connectivity index (χ1) is 8.67. The van der Waals surface area contributed by atoms with E-state index in [4.69, 9.17) is 3.07 Å². The third-order valence-electron chi connectivity index (χ3n) is 3.97. The standard InChI is InChI=1S/C8H9O.C4H9.2C2H5.Sn/c1-7(9)8-5-3-2-4-6-8;1-3-4-2;2*1-2;/h2-7H,1H3;1,3-4H2,2H3;2*1H2,2H3;/q-1;;;;+1. The van der Waals surface area contributed by atoms with Gasteiger partial charge in [0, 0.05) is 0 Å². The van der Waals surface area contributed by atoms with Crippen LogP contribution in [0, 0.1) is 0 Å². The van der Waals surface area contributed by atoms with Crippen LogP contribution in [0.1, 0.15) is 52.2 Å². The first kappa shape index (κ1) is 16.0. The van der Waals surface area contributed by atoms with Crippen LogP contribution >= 0.6 is 0 Å². The van der Waals surface area contributed by atoms with Gasteiger partial charge in [0.1, 0.15) is 0 Å². The van der Waals surface area contributed by atoms with E-state index in [-0.39, 0.29) is 6.10 Å². The normalized spacial score (nSPS) is 13.6. The van der Waals surface area contributed by atoms with Crippen molar-refractivity contribution in [1.82, 2.24) is 0 Å². The van der Waals surface area contributed by atoms with Gasteiger partial charge < -0.3 is 0 Å². The Balaban J connectivity index is 2.71. The maximum absolute atomic E-state index is 6.63. The van der Waals surface area contributed by atoms with Gasteiger partial charge in [0.2, 0.25) is 0 Å². The molecule has 0 N–H and O–H groups in total. The van der Waals surface area contributed by atoms with Crippen molar-refractivity contribution in [1.29, 1.82) is 0 Å². The molecule has 0 aliphatic rings. The van der Waals surface area contributed by atoms with Gasteiger partial charge in [-0.05, 0) is 0 Å². The molecule has 0 amide bonds. The van der Waals surface area contributed by atoms with Crippen molar-refractivity contribution in [3.8, 4) is 0 Å². The second-order valence-electron chi connectivity index (χ2n) is 5.16. The summed E-state index contributed by atoms with van der Waals surface area (Å²) in [6, 6.07) is 10.7. The second kappa shape index (κ2) is 8.21. The molecule has 0 bridgehead atoms. The van der Waals surface area contributed by atoms with Gasteiger partial charge in [-0.25, -0.2) is 0 Å². The zero-order valence-electron chi connectivity index (χ0n) is 12.4. The molecule has 102 valence electrons. The van der Waals surface area contributed by atoms with Crippen LogP contribution in [0.15, 0.2) is 30.3 Å². The molecular weight excluding hydrogens is 327 g/mol. The maximum atomic E-state index is 6.63. The molecule has 0 heterocycles. The monoisotopic (exact) mass is 356 g/mol. The predicted molar refractivity (Wildman–Crippen MR) is 82.4 cm³/mol. The average Bonchev–Trinajstić information content (AvgIpc) is 2.44. The van der Waals surface area contributed by atoms with E-state index in [9.17, 15) is 0 Å². The van der Waals surface area contributed by atoms with E-state index in [1.807, 2.05) is 0 Å². The van der Waals surface area contributed by atoms with E-state index in [1.165, 1.54) is 31.7 Å². The summed E-state index contributed by atoms with van der Waals surface area (Å²) in [5.74, 6) is 0. The van der Waals surface area contributed by atoms with Crippen molar-refractivity contribution < 1.29 is 3.07 Å². The number of hydrogen-bond donors (Lipinski definition) is 0. The molecule has 0 aromatic heterocycles. The van der Waals surface area contributed by atoms with E-state index in [0.717, 1.165) is 0 Å².